The van der Waals surface area contributed by atoms with Crippen molar-refractivity contribution in [2.75, 3.05) is 22.5 Å². The Bertz CT molecular complexity index is 1390. The summed E-state index contributed by atoms with van der Waals surface area (Å²) in [5.74, 6) is 1.80. The number of nitrogens with one attached hydrogen (secondary N) is 1. The van der Waals surface area contributed by atoms with Crippen molar-refractivity contribution in [3.05, 3.63) is 54.9 Å². The highest BCUT2D eigenvalue weighted by Gasteiger charge is 2.61. The van der Waals surface area contributed by atoms with Gasteiger partial charge in [-0.1, -0.05) is 19.1 Å². The highest BCUT2D eigenvalue weighted by Crippen LogP contribution is 2.54. The Hall–Kier alpha value is -4.15. The van der Waals surface area contributed by atoms with Gasteiger partial charge in [0.05, 0.1) is 5.69 Å². The molecule has 1 unspecified atom stereocenters. The lowest BCUT2D eigenvalue weighted by Gasteiger charge is -2.42. The lowest BCUT2D eigenvalue weighted by molar-refractivity contribution is -0.0286. The summed E-state index contributed by atoms with van der Waals surface area (Å²) in [4.78, 5) is 19.4. The zero-order valence-corrected chi connectivity index (χ0v) is 19.8. The van der Waals surface area contributed by atoms with Crippen molar-refractivity contribution in [3.8, 4) is 22.6 Å². The van der Waals surface area contributed by atoms with Crippen molar-refractivity contribution in [1.29, 1.82) is 0 Å². The number of aryl methyl sites for hydroxylation is 1. The summed E-state index contributed by atoms with van der Waals surface area (Å²) in [5.41, 5.74) is 8.94. The van der Waals surface area contributed by atoms with Gasteiger partial charge in [0.1, 0.15) is 5.82 Å². The second-order valence-corrected chi connectivity index (χ2v) is 9.37. The van der Waals surface area contributed by atoms with Crippen molar-refractivity contribution >= 4 is 23.4 Å². The predicted octanol–water partition coefficient (Wildman–Crippen LogP) is 4.00. The minimum atomic E-state index is -2.29. The van der Waals surface area contributed by atoms with E-state index in [2.05, 4.69) is 30.4 Å². The maximum Gasteiger partial charge on any atom is 0.243 e. The Labute approximate surface area is 206 Å². The standard InChI is InChI=1S/C25H25F2N9/c1-13-17-12-36(21(13)20(17)22(26)27)19-8-5-15(11-30-19)23-33-25(35(2)34-23)31-16-6-3-14(4-7-16)18-9-10-29-24(28)32-18/h3-11,13,17,20-22H,12H2,1-2H3,(H2,28,29,32)(H,31,33,34)/t13-,17+,20+,21?/m0/s1. The Morgan fingerprint density at radius 1 is 1.03 bits per heavy atom. The van der Waals surface area contributed by atoms with Gasteiger partial charge in [-0.15, -0.1) is 5.10 Å². The van der Waals surface area contributed by atoms with Crippen LogP contribution in [0.2, 0.25) is 0 Å². The molecule has 5 heterocycles. The molecule has 2 saturated heterocycles. The summed E-state index contributed by atoms with van der Waals surface area (Å²) in [6, 6.07) is 13.1. The molecule has 3 fully saturated rings. The number of hydrogen-bond acceptors (Lipinski definition) is 8. The maximum atomic E-state index is 13.4. The van der Waals surface area contributed by atoms with Crippen molar-refractivity contribution in [3.63, 3.8) is 0 Å². The second-order valence-electron chi connectivity index (χ2n) is 9.37. The molecular formula is C25H25F2N9. The fraction of sp³-hybridized carbons (Fsp3) is 0.320. The number of anilines is 4. The van der Waals surface area contributed by atoms with Crippen molar-refractivity contribution < 1.29 is 8.78 Å². The van der Waals surface area contributed by atoms with Gasteiger partial charge >= 0.3 is 0 Å². The molecule has 7 rings (SSSR count). The van der Waals surface area contributed by atoms with Crippen molar-refractivity contribution in [2.24, 2.45) is 24.8 Å². The Balaban J connectivity index is 1.16. The number of nitrogens with zero attached hydrogens (tertiary/aromatic N) is 7. The zero-order valence-electron chi connectivity index (χ0n) is 19.8. The van der Waals surface area contributed by atoms with Crippen LogP contribution in [0.15, 0.2) is 54.9 Å². The third-order valence-corrected chi connectivity index (χ3v) is 7.34. The van der Waals surface area contributed by atoms with Crippen LogP contribution in [-0.4, -0.2) is 48.7 Å². The lowest BCUT2D eigenvalue weighted by Crippen LogP contribution is -2.50. The minimum absolute atomic E-state index is 0.0377. The summed E-state index contributed by atoms with van der Waals surface area (Å²) >= 11 is 0. The van der Waals surface area contributed by atoms with Gasteiger partial charge in [-0.3, -0.25) is 0 Å². The largest absolute Gasteiger partial charge is 0.368 e. The summed E-state index contributed by atoms with van der Waals surface area (Å²) in [6.45, 7) is 2.68. The van der Waals surface area contributed by atoms with E-state index in [-0.39, 0.29) is 23.8 Å². The molecule has 3 aliphatic rings. The first-order valence-electron chi connectivity index (χ1n) is 11.8. The molecular weight excluding hydrogens is 464 g/mol. The van der Waals surface area contributed by atoms with Crippen LogP contribution in [0, 0.1) is 17.8 Å². The molecule has 0 spiro atoms. The van der Waals surface area contributed by atoms with Gasteiger partial charge in [-0.05, 0) is 42.2 Å². The van der Waals surface area contributed by atoms with Gasteiger partial charge in [-0.25, -0.2) is 28.4 Å². The highest BCUT2D eigenvalue weighted by molar-refractivity contribution is 5.66. The summed E-state index contributed by atoms with van der Waals surface area (Å²) in [7, 11) is 1.81. The fourth-order valence-corrected chi connectivity index (χ4v) is 5.46. The van der Waals surface area contributed by atoms with Gasteiger partial charge < -0.3 is 16.0 Å². The molecule has 9 nitrogen and oxygen atoms in total. The topological polar surface area (TPSA) is 111 Å². The second kappa shape index (κ2) is 8.51. The molecule has 4 atom stereocenters. The first-order valence-corrected chi connectivity index (χ1v) is 11.8. The Morgan fingerprint density at radius 3 is 2.47 bits per heavy atom. The molecule has 0 amide bonds. The third kappa shape index (κ3) is 3.71. The van der Waals surface area contributed by atoms with Gasteiger partial charge in [0, 0.05) is 54.8 Å². The quantitative estimate of drug-likeness (QED) is 0.418. The molecule has 1 saturated carbocycles. The number of pyridine rings is 1. The minimum Gasteiger partial charge on any atom is -0.368 e. The molecule has 4 aromatic rings. The van der Waals surface area contributed by atoms with Gasteiger partial charge in [0.2, 0.25) is 18.3 Å². The molecule has 2 bridgehead atoms. The van der Waals surface area contributed by atoms with Crippen LogP contribution in [0.1, 0.15) is 6.92 Å². The smallest absolute Gasteiger partial charge is 0.243 e. The summed E-state index contributed by atoms with van der Waals surface area (Å²) < 4.78 is 28.5. The maximum absolute atomic E-state index is 13.4. The molecule has 2 aliphatic heterocycles. The van der Waals surface area contributed by atoms with E-state index >= 15 is 0 Å². The van der Waals surface area contributed by atoms with E-state index in [0.717, 1.165) is 28.3 Å². The van der Waals surface area contributed by atoms with Crippen molar-refractivity contribution in [2.45, 2.75) is 19.4 Å². The predicted molar refractivity (Wildman–Crippen MR) is 133 cm³/mol. The number of halogens is 2. The first-order chi connectivity index (χ1) is 17.4. The van der Waals surface area contributed by atoms with Crippen molar-refractivity contribution in [1.82, 2.24) is 29.7 Å². The SMILES string of the molecule is C[C@@H]1C2[C@H](C(F)F)[C@@H]1CN2c1ccc(-c2nc(Nc3ccc(-c4ccnc(N)n4)cc3)n(C)n2)cn1. The average Bonchev–Trinajstić information content (AvgIpc) is 3.56. The molecule has 184 valence electrons. The number of aromatic nitrogens is 6. The molecule has 1 aromatic carbocycles. The van der Waals surface area contributed by atoms with E-state index in [4.69, 9.17) is 5.73 Å². The van der Waals surface area contributed by atoms with Crippen LogP contribution >= 0.6 is 0 Å². The van der Waals surface area contributed by atoms with Gasteiger partial charge in [-0.2, -0.15) is 4.98 Å². The normalized spacial score (nSPS) is 22.6. The Kier molecular flexibility index (Phi) is 5.27. The molecule has 0 radical (unpaired) electrons. The van der Waals surface area contributed by atoms with E-state index in [1.54, 1.807) is 23.1 Å². The first kappa shape index (κ1) is 22.3. The number of fused-ring (bicyclic) bond motifs is 1. The monoisotopic (exact) mass is 489 g/mol. The number of rotatable bonds is 6. The molecule has 11 heteroatoms. The van der Waals surface area contributed by atoms with Crippen LogP contribution in [0.25, 0.3) is 22.6 Å². The lowest BCUT2D eigenvalue weighted by atomic mass is 9.65. The number of nitrogens with two attached hydrogens (primary N) is 1. The zero-order chi connectivity index (χ0) is 25.0. The molecule has 36 heavy (non-hydrogen) atoms. The van der Waals surface area contributed by atoms with Crippen LogP contribution in [0.5, 0.6) is 0 Å². The van der Waals surface area contributed by atoms with Crippen LogP contribution < -0.4 is 16.0 Å². The van der Waals surface area contributed by atoms with Gasteiger partial charge in [0.15, 0.2) is 5.82 Å². The molecule has 1 aliphatic carbocycles. The van der Waals surface area contributed by atoms with E-state index in [1.165, 1.54) is 0 Å². The van der Waals surface area contributed by atoms with E-state index in [9.17, 15) is 8.78 Å². The van der Waals surface area contributed by atoms with Crippen LogP contribution in [0.3, 0.4) is 0 Å². The fourth-order valence-electron chi connectivity index (χ4n) is 5.46. The average molecular weight is 490 g/mol. The number of benzene rings is 1. The highest BCUT2D eigenvalue weighted by atomic mass is 19.3. The Morgan fingerprint density at radius 2 is 1.81 bits per heavy atom. The van der Waals surface area contributed by atoms with E-state index < -0.39 is 12.3 Å². The molecule has 3 N–H and O–H groups in total. The number of hydrogen-bond donors (Lipinski definition) is 2. The van der Waals surface area contributed by atoms with Crippen LogP contribution in [-0.2, 0) is 7.05 Å². The van der Waals surface area contributed by atoms with Crippen LogP contribution in [0.4, 0.5) is 32.2 Å². The number of nitrogen functional groups attached to an aromatic ring is 1. The third-order valence-electron chi connectivity index (χ3n) is 7.34. The summed E-state index contributed by atoms with van der Waals surface area (Å²) in [6.07, 6.45) is 1.04. The van der Waals surface area contributed by atoms with E-state index in [0.29, 0.717) is 18.3 Å². The number of alkyl halides is 2. The molecule has 3 aromatic heterocycles. The van der Waals surface area contributed by atoms with E-state index in [1.807, 2.05) is 55.3 Å². The van der Waals surface area contributed by atoms with Gasteiger partial charge in [0.25, 0.3) is 0 Å². The summed E-state index contributed by atoms with van der Waals surface area (Å²) in [5, 5.41) is 7.78.